The van der Waals surface area contributed by atoms with E-state index in [1.165, 1.54) is 75.5 Å². The normalized spacial score (nSPS) is 29.7. The third-order valence-corrected chi connectivity index (χ3v) is 6.20. The molecule has 4 rings (SSSR count). The molecule has 3 aliphatic rings. The second kappa shape index (κ2) is 5.22. The van der Waals surface area contributed by atoms with Crippen LogP contribution in [0, 0.1) is 5.41 Å². The molecule has 3 aliphatic carbocycles. The predicted molar refractivity (Wildman–Crippen MR) is 80.7 cm³/mol. The Labute approximate surface area is 122 Å². The molecule has 1 N–H and O–H groups in total. The zero-order chi connectivity index (χ0) is 13.4. The van der Waals surface area contributed by atoms with Gasteiger partial charge in [-0.1, -0.05) is 12.8 Å². The Kier molecular flexibility index (Phi) is 3.37. The topological polar surface area (TPSA) is 25.2 Å². The summed E-state index contributed by atoms with van der Waals surface area (Å²) >= 11 is 0. The Morgan fingerprint density at radius 1 is 1.00 bits per heavy atom. The molecular weight excluding hydrogens is 246 g/mol. The summed E-state index contributed by atoms with van der Waals surface area (Å²) in [6, 6.07) is 3.49. The van der Waals surface area contributed by atoms with Crippen LogP contribution in [-0.2, 0) is 6.42 Å². The first-order chi connectivity index (χ1) is 9.85. The van der Waals surface area contributed by atoms with Crippen molar-refractivity contribution < 1.29 is 4.42 Å². The molecule has 1 spiro atoms. The molecule has 1 atom stereocenters. The summed E-state index contributed by atoms with van der Waals surface area (Å²) in [6.45, 7) is 0. The highest BCUT2D eigenvalue weighted by molar-refractivity contribution is 5.24. The molecule has 1 aromatic rings. The van der Waals surface area contributed by atoms with Crippen molar-refractivity contribution in [3.63, 3.8) is 0 Å². The quantitative estimate of drug-likeness (QED) is 0.841. The molecule has 1 unspecified atom stereocenters. The van der Waals surface area contributed by atoms with Gasteiger partial charge >= 0.3 is 0 Å². The summed E-state index contributed by atoms with van der Waals surface area (Å²) in [5.74, 6) is 1.23. The summed E-state index contributed by atoms with van der Waals surface area (Å²) in [5.41, 5.74) is 2.20. The van der Waals surface area contributed by atoms with Crippen LogP contribution in [0.1, 0.15) is 81.6 Å². The van der Waals surface area contributed by atoms with E-state index in [0.717, 1.165) is 17.9 Å². The monoisotopic (exact) mass is 273 g/mol. The number of hydrogen-bond donors (Lipinski definition) is 1. The second-order valence-corrected chi connectivity index (χ2v) is 7.39. The summed E-state index contributed by atoms with van der Waals surface area (Å²) in [6.07, 6.45) is 17.3. The average molecular weight is 273 g/mol. The highest BCUT2D eigenvalue weighted by atomic mass is 16.3. The highest BCUT2D eigenvalue weighted by Gasteiger charge is 2.38. The van der Waals surface area contributed by atoms with Gasteiger partial charge in [0.05, 0.1) is 6.26 Å². The van der Waals surface area contributed by atoms with E-state index >= 15 is 0 Å². The van der Waals surface area contributed by atoms with Crippen molar-refractivity contribution in [1.29, 1.82) is 0 Å². The second-order valence-electron chi connectivity index (χ2n) is 7.39. The molecule has 20 heavy (non-hydrogen) atoms. The van der Waals surface area contributed by atoms with Crippen LogP contribution in [0.25, 0.3) is 0 Å². The smallest absolute Gasteiger partial charge is 0.108 e. The van der Waals surface area contributed by atoms with E-state index in [2.05, 4.69) is 11.4 Å². The average Bonchev–Trinajstić information content (AvgIpc) is 3.12. The highest BCUT2D eigenvalue weighted by Crippen LogP contribution is 2.49. The third kappa shape index (κ3) is 2.32. The van der Waals surface area contributed by atoms with Crippen molar-refractivity contribution in [2.24, 2.45) is 5.41 Å². The van der Waals surface area contributed by atoms with Crippen molar-refractivity contribution in [2.75, 3.05) is 0 Å². The summed E-state index contributed by atoms with van der Waals surface area (Å²) < 4.78 is 5.61. The first kappa shape index (κ1) is 12.9. The Hall–Kier alpha value is -0.760. The number of fused-ring (bicyclic) bond motifs is 1. The number of nitrogens with one attached hydrogen (secondary N) is 1. The molecular formula is C18H27NO. The lowest BCUT2D eigenvalue weighted by molar-refractivity contribution is 0.160. The first-order valence-electron chi connectivity index (χ1n) is 8.67. The number of furan rings is 1. The standard InChI is InChI=1S/C18H27NO/c1-2-10-18(9-1)11-6-14(7-12-18)19-16-4-3-5-17-15(16)8-13-20-17/h8,13-14,16,19H,1-7,9-12H2. The van der Waals surface area contributed by atoms with Crippen LogP contribution < -0.4 is 5.32 Å². The van der Waals surface area contributed by atoms with Crippen molar-refractivity contribution in [3.05, 3.63) is 23.7 Å². The number of hydrogen-bond acceptors (Lipinski definition) is 2. The van der Waals surface area contributed by atoms with Gasteiger partial charge in [-0.05, 0) is 62.8 Å². The zero-order valence-electron chi connectivity index (χ0n) is 12.5. The summed E-state index contributed by atoms with van der Waals surface area (Å²) in [4.78, 5) is 0. The largest absolute Gasteiger partial charge is 0.469 e. The van der Waals surface area contributed by atoms with Crippen LogP contribution in [0.2, 0.25) is 0 Å². The van der Waals surface area contributed by atoms with Crippen molar-refractivity contribution in [3.8, 4) is 0 Å². The number of aryl methyl sites for hydroxylation is 1. The number of rotatable bonds is 2. The van der Waals surface area contributed by atoms with Crippen molar-refractivity contribution in [2.45, 2.75) is 82.7 Å². The van der Waals surface area contributed by atoms with E-state index in [1.807, 2.05) is 6.26 Å². The predicted octanol–water partition coefficient (Wildman–Crippen LogP) is 4.75. The van der Waals surface area contributed by atoms with Crippen LogP contribution in [-0.4, -0.2) is 6.04 Å². The maximum absolute atomic E-state index is 5.61. The molecule has 2 heteroatoms. The summed E-state index contributed by atoms with van der Waals surface area (Å²) in [7, 11) is 0. The van der Waals surface area contributed by atoms with Crippen LogP contribution in [0.3, 0.4) is 0 Å². The van der Waals surface area contributed by atoms with E-state index in [0.29, 0.717) is 6.04 Å². The lowest BCUT2D eigenvalue weighted by Crippen LogP contribution is -2.39. The fraction of sp³-hybridized carbons (Fsp3) is 0.778. The molecule has 0 aromatic carbocycles. The van der Waals surface area contributed by atoms with Gasteiger partial charge in [0.15, 0.2) is 0 Å². The van der Waals surface area contributed by atoms with Gasteiger partial charge in [-0.25, -0.2) is 0 Å². The van der Waals surface area contributed by atoms with E-state index in [-0.39, 0.29) is 0 Å². The maximum atomic E-state index is 5.61. The Balaban J connectivity index is 1.37. The van der Waals surface area contributed by atoms with Gasteiger partial charge in [-0.15, -0.1) is 0 Å². The lowest BCUT2D eigenvalue weighted by Gasteiger charge is -2.39. The Bertz CT molecular complexity index is 448. The van der Waals surface area contributed by atoms with Gasteiger partial charge in [0.1, 0.15) is 5.76 Å². The van der Waals surface area contributed by atoms with Gasteiger partial charge < -0.3 is 9.73 Å². The van der Waals surface area contributed by atoms with Gasteiger partial charge in [0.25, 0.3) is 0 Å². The Morgan fingerprint density at radius 2 is 1.80 bits per heavy atom. The molecule has 0 bridgehead atoms. The molecule has 0 radical (unpaired) electrons. The molecule has 1 heterocycles. The van der Waals surface area contributed by atoms with Crippen LogP contribution in [0.4, 0.5) is 0 Å². The van der Waals surface area contributed by atoms with Crippen LogP contribution in [0.5, 0.6) is 0 Å². The molecule has 2 saturated carbocycles. The minimum atomic E-state index is 0.556. The Morgan fingerprint density at radius 3 is 2.60 bits per heavy atom. The van der Waals surface area contributed by atoms with Gasteiger partial charge in [-0.2, -0.15) is 0 Å². The maximum Gasteiger partial charge on any atom is 0.108 e. The fourth-order valence-electron chi connectivity index (χ4n) is 4.97. The summed E-state index contributed by atoms with van der Waals surface area (Å²) in [5, 5.41) is 3.95. The third-order valence-electron chi connectivity index (χ3n) is 6.20. The molecule has 2 nitrogen and oxygen atoms in total. The van der Waals surface area contributed by atoms with E-state index in [9.17, 15) is 0 Å². The van der Waals surface area contributed by atoms with E-state index in [1.54, 1.807) is 0 Å². The first-order valence-corrected chi connectivity index (χ1v) is 8.67. The van der Waals surface area contributed by atoms with E-state index < -0.39 is 0 Å². The SMILES string of the molecule is c1cc2c(o1)CCCC2NC1CCC2(CCCC2)CC1. The van der Waals surface area contributed by atoms with Gasteiger partial charge in [0.2, 0.25) is 0 Å². The fourth-order valence-corrected chi connectivity index (χ4v) is 4.97. The van der Waals surface area contributed by atoms with Crippen LogP contribution >= 0.6 is 0 Å². The lowest BCUT2D eigenvalue weighted by atomic mass is 9.71. The van der Waals surface area contributed by atoms with Crippen molar-refractivity contribution >= 4 is 0 Å². The molecule has 110 valence electrons. The van der Waals surface area contributed by atoms with Gasteiger partial charge in [-0.3, -0.25) is 0 Å². The molecule has 0 amide bonds. The van der Waals surface area contributed by atoms with Gasteiger partial charge in [0, 0.05) is 24.1 Å². The zero-order valence-corrected chi connectivity index (χ0v) is 12.5. The minimum Gasteiger partial charge on any atom is -0.469 e. The van der Waals surface area contributed by atoms with E-state index in [4.69, 9.17) is 4.42 Å². The molecule has 1 aromatic heterocycles. The van der Waals surface area contributed by atoms with Crippen molar-refractivity contribution in [1.82, 2.24) is 5.32 Å². The molecule has 0 saturated heterocycles. The minimum absolute atomic E-state index is 0.556. The molecule has 0 aliphatic heterocycles. The molecule has 2 fully saturated rings. The van der Waals surface area contributed by atoms with Crippen LogP contribution in [0.15, 0.2) is 16.7 Å².